The van der Waals surface area contributed by atoms with E-state index in [2.05, 4.69) is 15.6 Å². The van der Waals surface area contributed by atoms with E-state index in [-0.39, 0.29) is 5.69 Å². The summed E-state index contributed by atoms with van der Waals surface area (Å²) in [7, 11) is 0. The largest absolute Gasteiger partial charge is 0.448 e. The van der Waals surface area contributed by atoms with Gasteiger partial charge in [0.15, 0.2) is 16.9 Å². The van der Waals surface area contributed by atoms with Crippen LogP contribution in [0.15, 0.2) is 60.0 Å². The topological polar surface area (TPSA) is 80.3 Å². The SMILES string of the molecule is C[C@@H](OC(=O)c1csc(NCc2ccccc2)n1)C(=O)Nc1cccc(Cl)c1. The van der Waals surface area contributed by atoms with Crippen LogP contribution in [0.5, 0.6) is 0 Å². The first-order chi connectivity index (χ1) is 13.5. The van der Waals surface area contributed by atoms with E-state index < -0.39 is 18.0 Å². The fourth-order valence-corrected chi connectivity index (χ4v) is 3.18. The van der Waals surface area contributed by atoms with Crippen molar-refractivity contribution in [2.24, 2.45) is 0 Å². The Morgan fingerprint density at radius 1 is 1.18 bits per heavy atom. The van der Waals surface area contributed by atoms with Gasteiger partial charge >= 0.3 is 5.97 Å². The minimum absolute atomic E-state index is 0.156. The van der Waals surface area contributed by atoms with Crippen LogP contribution >= 0.6 is 22.9 Å². The van der Waals surface area contributed by atoms with Crippen LogP contribution in [-0.4, -0.2) is 23.0 Å². The highest BCUT2D eigenvalue weighted by Crippen LogP contribution is 2.18. The maximum atomic E-state index is 12.2. The van der Waals surface area contributed by atoms with Crippen LogP contribution in [0.25, 0.3) is 0 Å². The van der Waals surface area contributed by atoms with E-state index in [0.29, 0.717) is 22.4 Å². The molecule has 0 unspecified atom stereocenters. The Morgan fingerprint density at radius 2 is 1.96 bits per heavy atom. The standard InChI is InChI=1S/C20H18ClN3O3S/c1-13(18(25)23-16-9-5-8-15(21)10-16)27-19(26)17-12-28-20(24-17)22-11-14-6-3-2-4-7-14/h2-10,12-13H,11H2,1H3,(H,22,24)(H,23,25)/t13-/m1/s1. The number of nitrogens with one attached hydrogen (secondary N) is 2. The third-order valence-electron chi connectivity index (χ3n) is 3.75. The van der Waals surface area contributed by atoms with E-state index in [0.717, 1.165) is 5.56 Å². The van der Waals surface area contributed by atoms with Crippen molar-refractivity contribution in [3.63, 3.8) is 0 Å². The van der Waals surface area contributed by atoms with E-state index >= 15 is 0 Å². The number of rotatable bonds is 7. The Hall–Kier alpha value is -2.90. The van der Waals surface area contributed by atoms with E-state index in [9.17, 15) is 9.59 Å². The normalized spacial score (nSPS) is 11.5. The fraction of sp³-hybridized carbons (Fsp3) is 0.150. The first kappa shape index (κ1) is 19.9. The van der Waals surface area contributed by atoms with Gasteiger partial charge in [-0.2, -0.15) is 0 Å². The van der Waals surface area contributed by atoms with E-state index in [1.54, 1.807) is 29.6 Å². The summed E-state index contributed by atoms with van der Waals surface area (Å²) in [5.74, 6) is -1.11. The molecule has 8 heteroatoms. The summed E-state index contributed by atoms with van der Waals surface area (Å²) in [4.78, 5) is 28.7. The number of nitrogens with zero attached hydrogens (tertiary/aromatic N) is 1. The Labute approximate surface area is 171 Å². The Bertz CT molecular complexity index is 962. The number of anilines is 2. The Balaban J connectivity index is 1.52. The number of ether oxygens (including phenoxy) is 1. The van der Waals surface area contributed by atoms with Crippen molar-refractivity contribution in [3.8, 4) is 0 Å². The van der Waals surface area contributed by atoms with Crippen molar-refractivity contribution in [2.75, 3.05) is 10.6 Å². The molecule has 1 atom stereocenters. The van der Waals surface area contributed by atoms with Crippen molar-refractivity contribution >= 4 is 45.6 Å². The molecular weight excluding hydrogens is 398 g/mol. The molecule has 1 heterocycles. The molecular formula is C20H18ClN3O3S. The molecule has 3 rings (SSSR count). The van der Waals surface area contributed by atoms with Crippen molar-refractivity contribution in [3.05, 3.63) is 76.3 Å². The highest BCUT2D eigenvalue weighted by atomic mass is 35.5. The molecule has 0 saturated carbocycles. The summed E-state index contributed by atoms with van der Waals surface area (Å²) in [5.41, 5.74) is 1.79. The molecule has 28 heavy (non-hydrogen) atoms. The average molecular weight is 416 g/mol. The molecule has 0 spiro atoms. The molecule has 2 aromatic carbocycles. The third-order valence-corrected chi connectivity index (χ3v) is 4.78. The predicted molar refractivity (Wildman–Crippen MR) is 111 cm³/mol. The number of hydrogen-bond acceptors (Lipinski definition) is 6. The van der Waals surface area contributed by atoms with Crippen molar-refractivity contribution in [1.82, 2.24) is 4.98 Å². The molecule has 3 aromatic rings. The van der Waals surface area contributed by atoms with Gasteiger partial charge in [-0.1, -0.05) is 48.0 Å². The van der Waals surface area contributed by atoms with Gasteiger partial charge in [0.2, 0.25) is 0 Å². The number of amides is 1. The summed E-state index contributed by atoms with van der Waals surface area (Å²) < 4.78 is 5.21. The number of carbonyl (C=O) groups is 2. The Morgan fingerprint density at radius 3 is 2.71 bits per heavy atom. The first-order valence-electron chi connectivity index (χ1n) is 8.52. The zero-order valence-corrected chi connectivity index (χ0v) is 16.6. The summed E-state index contributed by atoms with van der Waals surface area (Å²) in [6.45, 7) is 2.10. The second-order valence-corrected chi connectivity index (χ2v) is 7.22. The van der Waals surface area contributed by atoms with Crippen molar-refractivity contribution < 1.29 is 14.3 Å². The third kappa shape index (κ3) is 5.55. The minimum atomic E-state index is -0.978. The molecule has 0 aliphatic rings. The lowest BCUT2D eigenvalue weighted by Gasteiger charge is -2.12. The van der Waals surface area contributed by atoms with Crippen LogP contribution in [0.4, 0.5) is 10.8 Å². The molecule has 0 radical (unpaired) electrons. The number of esters is 1. The highest BCUT2D eigenvalue weighted by Gasteiger charge is 2.21. The minimum Gasteiger partial charge on any atom is -0.448 e. The van der Waals surface area contributed by atoms with Gasteiger partial charge in [0.05, 0.1) is 0 Å². The summed E-state index contributed by atoms with van der Waals surface area (Å²) in [6, 6.07) is 16.6. The second kappa shape index (κ2) is 9.34. The van der Waals surface area contributed by atoms with E-state index in [1.165, 1.54) is 18.3 Å². The van der Waals surface area contributed by atoms with Crippen LogP contribution in [0.3, 0.4) is 0 Å². The van der Waals surface area contributed by atoms with Gasteiger partial charge in [-0.3, -0.25) is 4.79 Å². The molecule has 0 saturated heterocycles. The van der Waals surface area contributed by atoms with Crippen LogP contribution in [-0.2, 0) is 16.1 Å². The van der Waals surface area contributed by atoms with Crippen LogP contribution in [0.2, 0.25) is 5.02 Å². The number of carbonyl (C=O) groups excluding carboxylic acids is 2. The molecule has 0 bridgehead atoms. The van der Waals surface area contributed by atoms with Gasteiger partial charge in [0, 0.05) is 22.6 Å². The smallest absolute Gasteiger partial charge is 0.358 e. The molecule has 1 amide bonds. The maximum Gasteiger partial charge on any atom is 0.358 e. The molecule has 6 nitrogen and oxygen atoms in total. The van der Waals surface area contributed by atoms with Crippen molar-refractivity contribution in [2.45, 2.75) is 19.6 Å². The molecule has 144 valence electrons. The van der Waals surface area contributed by atoms with Gasteiger partial charge in [-0.05, 0) is 30.7 Å². The van der Waals surface area contributed by atoms with Gasteiger partial charge in [-0.15, -0.1) is 11.3 Å². The lowest BCUT2D eigenvalue weighted by atomic mass is 10.2. The molecule has 0 aliphatic carbocycles. The summed E-state index contributed by atoms with van der Waals surface area (Å²) in [6.07, 6.45) is -0.978. The second-order valence-electron chi connectivity index (χ2n) is 5.92. The Kier molecular flexibility index (Phi) is 6.62. The van der Waals surface area contributed by atoms with Crippen LogP contribution in [0.1, 0.15) is 23.0 Å². The number of aromatic nitrogens is 1. The number of thiazole rings is 1. The zero-order valence-electron chi connectivity index (χ0n) is 15.0. The summed E-state index contributed by atoms with van der Waals surface area (Å²) >= 11 is 7.19. The molecule has 0 fully saturated rings. The van der Waals surface area contributed by atoms with Gasteiger partial charge in [0.1, 0.15) is 0 Å². The zero-order chi connectivity index (χ0) is 19.9. The maximum absolute atomic E-state index is 12.2. The highest BCUT2D eigenvalue weighted by molar-refractivity contribution is 7.13. The first-order valence-corrected chi connectivity index (χ1v) is 9.78. The molecule has 0 aliphatic heterocycles. The van der Waals surface area contributed by atoms with E-state index in [1.807, 2.05) is 30.3 Å². The van der Waals surface area contributed by atoms with Gasteiger partial charge in [0.25, 0.3) is 5.91 Å². The molecule has 2 N–H and O–H groups in total. The van der Waals surface area contributed by atoms with Crippen LogP contribution in [0, 0.1) is 0 Å². The quantitative estimate of drug-likeness (QED) is 0.551. The summed E-state index contributed by atoms with van der Waals surface area (Å²) in [5, 5.41) is 8.51. The molecule has 1 aromatic heterocycles. The lowest BCUT2D eigenvalue weighted by molar-refractivity contribution is -0.123. The van der Waals surface area contributed by atoms with E-state index in [4.69, 9.17) is 16.3 Å². The number of hydrogen-bond donors (Lipinski definition) is 2. The lowest BCUT2D eigenvalue weighted by Crippen LogP contribution is -2.30. The predicted octanol–water partition coefficient (Wildman–Crippen LogP) is 4.59. The number of halogens is 1. The van der Waals surface area contributed by atoms with Gasteiger partial charge in [-0.25, -0.2) is 9.78 Å². The van der Waals surface area contributed by atoms with Gasteiger partial charge < -0.3 is 15.4 Å². The fourth-order valence-electron chi connectivity index (χ4n) is 2.31. The monoisotopic (exact) mass is 415 g/mol. The van der Waals surface area contributed by atoms with Crippen molar-refractivity contribution in [1.29, 1.82) is 0 Å². The number of benzene rings is 2. The van der Waals surface area contributed by atoms with Crippen LogP contribution < -0.4 is 10.6 Å². The average Bonchev–Trinajstić information content (AvgIpc) is 3.16.